The van der Waals surface area contributed by atoms with Gasteiger partial charge in [-0.1, -0.05) is 11.6 Å². The first-order valence-electron chi connectivity index (χ1n) is 4.17. The van der Waals surface area contributed by atoms with Gasteiger partial charge in [0.1, 0.15) is 5.82 Å². The van der Waals surface area contributed by atoms with Gasteiger partial charge in [0.15, 0.2) is 0 Å². The highest BCUT2D eigenvalue weighted by molar-refractivity contribution is 6.30. The van der Waals surface area contributed by atoms with Crippen LogP contribution in [0.25, 0.3) is 0 Å². The maximum Gasteiger partial charge on any atom is 0.125 e. The SMILES string of the molecule is COCCCNc1ccc(Cl)cn1. The number of halogens is 1. The third-order valence-electron chi connectivity index (χ3n) is 1.56. The van der Waals surface area contributed by atoms with Gasteiger partial charge in [-0.15, -0.1) is 0 Å². The lowest BCUT2D eigenvalue weighted by Crippen LogP contribution is -2.05. The van der Waals surface area contributed by atoms with E-state index in [1.807, 2.05) is 12.1 Å². The molecular weight excluding hydrogens is 188 g/mol. The van der Waals surface area contributed by atoms with Crippen LogP contribution in [-0.2, 0) is 4.74 Å². The van der Waals surface area contributed by atoms with Crippen molar-refractivity contribution < 1.29 is 4.74 Å². The predicted molar refractivity (Wildman–Crippen MR) is 54.2 cm³/mol. The molecule has 1 heterocycles. The number of rotatable bonds is 5. The molecule has 3 nitrogen and oxygen atoms in total. The molecule has 0 spiro atoms. The summed E-state index contributed by atoms with van der Waals surface area (Å²) in [6, 6.07) is 3.67. The van der Waals surface area contributed by atoms with Gasteiger partial charge in [-0.25, -0.2) is 4.98 Å². The van der Waals surface area contributed by atoms with E-state index in [4.69, 9.17) is 16.3 Å². The lowest BCUT2D eigenvalue weighted by atomic mass is 10.4. The number of hydrogen-bond acceptors (Lipinski definition) is 3. The van der Waals surface area contributed by atoms with Crippen LogP contribution in [0.4, 0.5) is 5.82 Å². The van der Waals surface area contributed by atoms with Gasteiger partial charge in [-0.2, -0.15) is 0 Å². The van der Waals surface area contributed by atoms with Crippen molar-refractivity contribution >= 4 is 17.4 Å². The second-order valence-electron chi connectivity index (χ2n) is 2.63. The Kier molecular flexibility index (Phi) is 4.57. The minimum atomic E-state index is 0.655. The zero-order valence-electron chi connectivity index (χ0n) is 7.59. The smallest absolute Gasteiger partial charge is 0.125 e. The summed E-state index contributed by atoms with van der Waals surface area (Å²) in [7, 11) is 1.69. The Bertz CT molecular complexity index is 238. The monoisotopic (exact) mass is 200 g/mol. The maximum atomic E-state index is 5.69. The van der Waals surface area contributed by atoms with Crippen LogP contribution in [0, 0.1) is 0 Å². The van der Waals surface area contributed by atoms with Crippen molar-refractivity contribution in [3.63, 3.8) is 0 Å². The summed E-state index contributed by atoms with van der Waals surface area (Å²) in [6.45, 7) is 1.63. The van der Waals surface area contributed by atoms with Crippen molar-refractivity contribution in [2.75, 3.05) is 25.6 Å². The summed E-state index contributed by atoms with van der Waals surface area (Å²) in [5, 5.41) is 3.81. The Labute approximate surface area is 83.1 Å². The number of pyridine rings is 1. The van der Waals surface area contributed by atoms with E-state index in [0.29, 0.717) is 5.02 Å². The number of hydrogen-bond donors (Lipinski definition) is 1. The van der Waals surface area contributed by atoms with Gasteiger partial charge in [0, 0.05) is 26.5 Å². The van der Waals surface area contributed by atoms with Crippen molar-refractivity contribution in [3.05, 3.63) is 23.4 Å². The molecule has 0 amide bonds. The number of ether oxygens (including phenoxy) is 1. The molecule has 0 bridgehead atoms. The zero-order chi connectivity index (χ0) is 9.52. The van der Waals surface area contributed by atoms with Crippen LogP contribution in [0.1, 0.15) is 6.42 Å². The standard InChI is InChI=1S/C9H13ClN2O/c1-13-6-2-5-11-9-4-3-8(10)7-12-9/h3-4,7H,2,5-6H2,1H3,(H,11,12). The molecule has 0 aliphatic heterocycles. The number of nitrogens with zero attached hydrogens (tertiary/aromatic N) is 1. The Morgan fingerprint density at radius 3 is 3.00 bits per heavy atom. The van der Waals surface area contributed by atoms with Crippen LogP contribution in [0.15, 0.2) is 18.3 Å². The minimum Gasteiger partial charge on any atom is -0.385 e. The molecule has 72 valence electrons. The first kappa shape index (κ1) is 10.3. The molecule has 13 heavy (non-hydrogen) atoms. The summed E-state index contributed by atoms with van der Waals surface area (Å²) >= 11 is 5.69. The highest BCUT2D eigenvalue weighted by Gasteiger charge is 1.92. The van der Waals surface area contributed by atoms with Gasteiger partial charge in [0.05, 0.1) is 5.02 Å². The van der Waals surface area contributed by atoms with E-state index in [1.54, 1.807) is 13.3 Å². The van der Waals surface area contributed by atoms with Crippen LogP contribution < -0.4 is 5.32 Å². The topological polar surface area (TPSA) is 34.1 Å². The van der Waals surface area contributed by atoms with Gasteiger partial charge in [-0.05, 0) is 18.6 Å². The highest BCUT2D eigenvalue weighted by atomic mass is 35.5. The van der Waals surface area contributed by atoms with E-state index in [2.05, 4.69) is 10.3 Å². The van der Waals surface area contributed by atoms with Crippen molar-refractivity contribution in [2.45, 2.75) is 6.42 Å². The Morgan fingerprint density at radius 2 is 2.38 bits per heavy atom. The van der Waals surface area contributed by atoms with Crippen LogP contribution in [-0.4, -0.2) is 25.2 Å². The van der Waals surface area contributed by atoms with Gasteiger partial charge in [-0.3, -0.25) is 0 Å². The molecule has 0 radical (unpaired) electrons. The molecule has 0 fully saturated rings. The van der Waals surface area contributed by atoms with Gasteiger partial charge < -0.3 is 10.1 Å². The Balaban J connectivity index is 2.25. The lowest BCUT2D eigenvalue weighted by Gasteiger charge is -2.04. The number of aromatic nitrogens is 1. The fraction of sp³-hybridized carbons (Fsp3) is 0.444. The fourth-order valence-electron chi connectivity index (χ4n) is 0.913. The average molecular weight is 201 g/mol. The largest absolute Gasteiger partial charge is 0.385 e. The highest BCUT2D eigenvalue weighted by Crippen LogP contribution is 2.09. The molecule has 1 aromatic heterocycles. The van der Waals surface area contributed by atoms with Crippen molar-refractivity contribution in [1.29, 1.82) is 0 Å². The van der Waals surface area contributed by atoms with Crippen LogP contribution in [0.3, 0.4) is 0 Å². The summed E-state index contributed by atoms with van der Waals surface area (Å²) in [4.78, 5) is 4.09. The van der Waals surface area contributed by atoms with E-state index >= 15 is 0 Å². The maximum absolute atomic E-state index is 5.69. The molecule has 0 saturated heterocycles. The Hall–Kier alpha value is -0.800. The number of nitrogens with one attached hydrogen (secondary N) is 1. The molecule has 0 aliphatic carbocycles. The average Bonchev–Trinajstić information content (AvgIpc) is 2.15. The number of methoxy groups -OCH3 is 1. The molecule has 0 aromatic carbocycles. The van der Waals surface area contributed by atoms with Crippen LogP contribution in [0.5, 0.6) is 0 Å². The fourth-order valence-corrected chi connectivity index (χ4v) is 1.03. The third-order valence-corrected chi connectivity index (χ3v) is 1.78. The quantitative estimate of drug-likeness (QED) is 0.740. The first-order chi connectivity index (χ1) is 6.33. The minimum absolute atomic E-state index is 0.655. The second kappa shape index (κ2) is 5.78. The first-order valence-corrected chi connectivity index (χ1v) is 4.55. The molecule has 0 aliphatic rings. The van der Waals surface area contributed by atoms with Crippen molar-refractivity contribution in [3.8, 4) is 0 Å². The molecule has 1 aromatic rings. The van der Waals surface area contributed by atoms with E-state index in [1.165, 1.54) is 0 Å². The molecule has 1 rings (SSSR count). The van der Waals surface area contributed by atoms with Crippen LogP contribution in [0.2, 0.25) is 5.02 Å². The molecule has 1 N–H and O–H groups in total. The molecule has 4 heteroatoms. The lowest BCUT2D eigenvalue weighted by molar-refractivity contribution is 0.198. The second-order valence-corrected chi connectivity index (χ2v) is 3.07. The molecule has 0 saturated carbocycles. The predicted octanol–water partition coefficient (Wildman–Crippen LogP) is 2.18. The summed E-state index contributed by atoms with van der Waals surface area (Å²) < 4.78 is 4.92. The molecule has 0 unspecified atom stereocenters. The zero-order valence-corrected chi connectivity index (χ0v) is 8.34. The summed E-state index contributed by atoms with van der Waals surface area (Å²) in [5.74, 6) is 0.848. The van der Waals surface area contributed by atoms with E-state index in [0.717, 1.165) is 25.4 Å². The summed E-state index contributed by atoms with van der Waals surface area (Å²) in [5.41, 5.74) is 0. The Morgan fingerprint density at radius 1 is 1.54 bits per heavy atom. The van der Waals surface area contributed by atoms with Gasteiger partial charge in [0.2, 0.25) is 0 Å². The normalized spacial score (nSPS) is 10.0. The van der Waals surface area contributed by atoms with Crippen molar-refractivity contribution in [2.24, 2.45) is 0 Å². The van der Waals surface area contributed by atoms with Crippen LogP contribution >= 0.6 is 11.6 Å². The van der Waals surface area contributed by atoms with Crippen molar-refractivity contribution in [1.82, 2.24) is 4.98 Å². The van der Waals surface area contributed by atoms with E-state index < -0.39 is 0 Å². The molecular formula is C9H13ClN2O. The summed E-state index contributed by atoms with van der Waals surface area (Å²) in [6.07, 6.45) is 2.60. The van der Waals surface area contributed by atoms with E-state index in [-0.39, 0.29) is 0 Å². The van der Waals surface area contributed by atoms with Gasteiger partial charge >= 0.3 is 0 Å². The van der Waals surface area contributed by atoms with E-state index in [9.17, 15) is 0 Å². The van der Waals surface area contributed by atoms with Gasteiger partial charge in [0.25, 0.3) is 0 Å². The molecule has 0 atom stereocenters. The number of anilines is 1. The third kappa shape index (κ3) is 4.10.